The van der Waals surface area contributed by atoms with E-state index >= 15 is 0 Å². The van der Waals surface area contributed by atoms with Gasteiger partial charge in [-0.05, 0) is 37.3 Å². The Morgan fingerprint density at radius 2 is 1.90 bits per heavy atom. The van der Waals surface area contributed by atoms with Crippen LogP contribution in [0.2, 0.25) is 0 Å². The molecule has 0 saturated heterocycles. The molecule has 0 saturated carbocycles. The first-order valence-corrected chi connectivity index (χ1v) is 10.5. The van der Waals surface area contributed by atoms with Gasteiger partial charge in [-0.1, -0.05) is 30.0 Å². The van der Waals surface area contributed by atoms with E-state index in [0.29, 0.717) is 33.9 Å². The fourth-order valence-corrected chi connectivity index (χ4v) is 3.87. The second-order valence-electron chi connectivity index (χ2n) is 6.81. The molecule has 9 heteroatoms. The van der Waals surface area contributed by atoms with Crippen molar-refractivity contribution in [2.24, 2.45) is 0 Å². The Kier molecular flexibility index (Phi) is 7.43. The van der Waals surface area contributed by atoms with Gasteiger partial charge in [-0.3, -0.25) is 14.2 Å². The van der Waals surface area contributed by atoms with Gasteiger partial charge >= 0.3 is 5.97 Å². The highest BCUT2D eigenvalue weighted by molar-refractivity contribution is 7.99. The van der Waals surface area contributed by atoms with E-state index in [9.17, 15) is 14.4 Å². The number of para-hydroxylation sites is 1. The number of carbonyl (C=O) groups excluding carboxylic acids is 2. The summed E-state index contributed by atoms with van der Waals surface area (Å²) >= 11 is 1.14. The van der Waals surface area contributed by atoms with Crippen LogP contribution in [0.1, 0.15) is 17.3 Å². The zero-order chi connectivity index (χ0) is 22.4. The largest absolute Gasteiger partial charge is 0.465 e. The van der Waals surface area contributed by atoms with Crippen molar-refractivity contribution in [3.63, 3.8) is 0 Å². The number of thioether (sulfide) groups is 1. The maximum absolute atomic E-state index is 13.3. The molecule has 0 spiro atoms. The molecule has 3 rings (SSSR count). The van der Waals surface area contributed by atoms with Gasteiger partial charge < -0.3 is 14.8 Å². The number of methoxy groups -OCH3 is 2. The zero-order valence-electron chi connectivity index (χ0n) is 17.5. The molecule has 1 aromatic heterocycles. The number of benzene rings is 2. The quantitative estimate of drug-likeness (QED) is 0.326. The van der Waals surface area contributed by atoms with E-state index in [1.807, 2.05) is 25.1 Å². The van der Waals surface area contributed by atoms with Crippen LogP contribution < -0.4 is 10.9 Å². The van der Waals surface area contributed by atoms with Crippen molar-refractivity contribution in [1.82, 2.24) is 14.9 Å². The monoisotopic (exact) mass is 441 g/mol. The highest BCUT2D eigenvalue weighted by atomic mass is 32.2. The maximum atomic E-state index is 13.3. The normalized spacial score (nSPS) is 11.8. The van der Waals surface area contributed by atoms with E-state index in [1.165, 1.54) is 23.8 Å². The number of esters is 1. The van der Waals surface area contributed by atoms with Gasteiger partial charge in [0.2, 0.25) is 5.91 Å². The van der Waals surface area contributed by atoms with Gasteiger partial charge in [0.15, 0.2) is 5.16 Å². The lowest BCUT2D eigenvalue weighted by molar-refractivity contribution is -0.119. The fourth-order valence-electron chi connectivity index (χ4n) is 3.05. The summed E-state index contributed by atoms with van der Waals surface area (Å²) in [5, 5.41) is 3.54. The standard InChI is InChI=1S/C22H23N3O5S/c1-14(12-29-2)23-19(26)13-31-22-24-18-11-15(21(28)30-3)9-10-17(18)20(27)25(22)16-7-5-4-6-8-16/h4-11,14H,12-13H2,1-3H3,(H,23,26). The summed E-state index contributed by atoms with van der Waals surface area (Å²) in [5.74, 6) is -0.654. The van der Waals surface area contributed by atoms with Crippen molar-refractivity contribution >= 4 is 34.5 Å². The average Bonchev–Trinajstić information content (AvgIpc) is 2.77. The fraction of sp³-hybridized carbons (Fsp3) is 0.273. The summed E-state index contributed by atoms with van der Waals surface area (Å²) in [5.41, 5.74) is 0.995. The number of hydrogen-bond donors (Lipinski definition) is 1. The molecule has 0 aliphatic carbocycles. The van der Waals surface area contributed by atoms with Crippen molar-refractivity contribution in [2.75, 3.05) is 26.6 Å². The minimum Gasteiger partial charge on any atom is -0.465 e. The molecule has 31 heavy (non-hydrogen) atoms. The minimum atomic E-state index is -0.517. The van der Waals surface area contributed by atoms with E-state index < -0.39 is 5.97 Å². The summed E-state index contributed by atoms with van der Waals surface area (Å²) in [6, 6.07) is 13.5. The topological polar surface area (TPSA) is 99.5 Å². The molecule has 1 unspecified atom stereocenters. The number of amides is 1. The van der Waals surface area contributed by atoms with Crippen molar-refractivity contribution in [1.29, 1.82) is 0 Å². The molecule has 162 valence electrons. The Balaban J connectivity index is 2.02. The average molecular weight is 442 g/mol. The van der Waals surface area contributed by atoms with Gasteiger partial charge in [-0.15, -0.1) is 0 Å². The van der Waals surface area contributed by atoms with E-state index in [0.717, 1.165) is 11.8 Å². The van der Waals surface area contributed by atoms with Crippen LogP contribution in [0.5, 0.6) is 0 Å². The predicted molar refractivity (Wildman–Crippen MR) is 119 cm³/mol. The first-order valence-electron chi connectivity index (χ1n) is 9.56. The van der Waals surface area contributed by atoms with Crippen LogP contribution in [0, 0.1) is 0 Å². The second kappa shape index (κ2) is 10.2. The van der Waals surface area contributed by atoms with E-state index in [-0.39, 0.29) is 23.3 Å². The molecule has 1 atom stereocenters. The van der Waals surface area contributed by atoms with Gasteiger partial charge in [0.25, 0.3) is 5.56 Å². The third kappa shape index (κ3) is 5.31. The molecule has 0 aliphatic rings. The number of ether oxygens (including phenoxy) is 2. The molecule has 1 amide bonds. The maximum Gasteiger partial charge on any atom is 0.337 e. The molecule has 3 aromatic rings. The Hall–Kier alpha value is -3.17. The van der Waals surface area contributed by atoms with E-state index in [2.05, 4.69) is 10.3 Å². The third-order valence-electron chi connectivity index (χ3n) is 4.43. The highest BCUT2D eigenvalue weighted by Crippen LogP contribution is 2.22. The van der Waals surface area contributed by atoms with Crippen molar-refractivity contribution < 1.29 is 19.1 Å². The third-order valence-corrected chi connectivity index (χ3v) is 5.37. The Morgan fingerprint density at radius 1 is 1.16 bits per heavy atom. The minimum absolute atomic E-state index is 0.0650. The number of carbonyl (C=O) groups is 2. The van der Waals surface area contributed by atoms with Crippen molar-refractivity contribution in [2.45, 2.75) is 18.1 Å². The first-order chi connectivity index (χ1) is 14.9. The van der Waals surface area contributed by atoms with Crippen molar-refractivity contribution in [3.05, 3.63) is 64.4 Å². The van der Waals surface area contributed by atoms with Crippen LogP contribution in [0.25, 0.3) is 16.6 Å². The first kappa shape index (κ1) is 22.5. The summed E-state index contributed by atoms with van der Waals surface area (Å²) in [7, 11) is 2.86. The van der Waals surface area contributed by atoms with Gasteiger partial charge in [-0.2, -0.15) is 0 Å². The Morgan fingerprint density at radius 3 is 2.58 bits per heavy atom. The van der Waals surface area contributed by atoms with Gasteiger partial charge in [0, 0.05) is 13.2 Å². The lowest BCUT2D eigenvalue weighted by Crippen LogP contribution is -2.36. The van der Waals surface area contributed by atoms with Crippen LogP contribution in [-0.4, -0.2) is 54.0 Å². The molecular formula is C22H23N3O5S. The Bertz CT molecular complexity index is 1150. The summed E-state index contributed by atoms with van der Waals surface area (Å²) in [6.07, 6.45) is 0. The molecule has 0 aliphatic heterocycles. The number of hydrogen-bond acceptors (Lipinski definition) is 7. The highest BCUT2D eigenvalue weighted by Gasteiger charge is 2.17. The van der Waals surface area contributed by atoms with Crippen LogP contribution in [0.3, 0.4) is 0 Å². The van der Waals surface area contributed by atoms with Crippen molar-refractivity contribution in [3.8, 4) is 5.69 Å². The van der Waals surface area contributed by atoms with Gasteiger partial charge in [0.1, 0.15) is 0 Å². The number of aromatic nitrogens is 2. The van der Waals surface area contributed by atoms with E-state index in [1.54, 1.807) is 25.3 Å². The van der Waals surface area contributed by atoms with Crippen LogP contribution in [0.15, 0.2) is 58.5 Å². The smallest absolute Gasteiger partial charge is 0.337 e. The summed E-state index contributed by atoms with van der Waals surface area (Å²) in [6.45, 7) is 2.24. The summed E-state index contributed by atoms with van der Waals surface area (Å²) in [4.78, 5) is 42.1. The number of fused-ring (bicyclic) bond motifs is 1. The molecule has 1 N–H and O–H groups in total. The molecule has 0 bridgehead atoms. The molecular weight excluding hydrogens is 418 g/mol. The molecule has 2 aromatic carbocycles. The molecule has 0 radical (unpaired) electrons. The predicted octanol–water partition coefficient (Wildman–Crippen LogP) is 2.42. The van der Waals surface area contributed by atoms with E-state index in [4.69, 9.17) is 9.47 Å². The summed E-state index contributed by atoms with van der Waals surface area (Å²) < 4.78 is 11.3. The zero-order valence-corrected chi connectivity index (χ0v) is 18.3. The second-order valence-corrected chi connectivity index (χ2v) is 7.75. The number of nitrogens with one attached hydrogen (secondary N) is 1. The Labute approximate surface area is 183 Å². The molecule has 1 heterocycles. The van der Waals surface area contributed by atoms with Crippen LogP contribution in [-0.2, 0) is 14.3 Å². The lowest BCUT2D eigenvalue weighted by atomic mass is 10.1. The lowest BCUT2D eigenvalue weighted by Gasteiger charge is -2.15. The number of rotatable bonds is 8. The SMILES string of the molecule is COCC(C)NC(=O)CSc1nc2cc(C(=O)OC)ccc2c(=O)n1-c1ccccc1. The molecule has 8 nitrogen and oxygen atoms in total. The molecule has 0 fully saturated rings. The van der Waals surface area contributed by atoms with Crippen LogP contribution in [0.4, 0.5) is 0 Å². The van der Waals surface area contributed by atoms with Crippen LogP contribution >= 0.6 is 11.8 Å². The number of nitrogens with zero attached hydrogens (tertiary/aromatic N) is 2. The van der Waals surface area contributed by atoms with Gasteiger partial charge in [0.05, 0.1) is 41.6 Å². The van der Waals surface area contributed by atoms with Gasteiger partial charge in [-0.25, -0.2) is 9.78 Å².